The fourth-order valence-corrected chi connectivity index (χ4v) is 5.42. The summed E-state index contributed by atoms with van der Waals surface area (Å²) in [6.45, 7) is 3.35. The molecule has 2 aliphatic heterocycles. The highest BCUT2D eigenvalue weighted by atomic mass is 32.2. The lowest BCUT2D eigenvalue weighted by atomic mass is 9.94. The van der Waals surface area contributed by atoms with Crippen LogP contribution in [-0.4, -0.2) is 94.5 Å². The van der Waals surface area contributed by atoms with Crippen molar-refractivity contribution < 1.29 is 24.9 Å². The molecule has 1 aromatic carbocycles. The van der Waals surface area contributed by atoms with Crippen LogP contribution in [0.2, 0.25) is 0 Å². The van der Waals surface area contributed by atoms with Crippen molar-refractivity contribution in [3.8, 4) is 0 Å². The van der Waals surface area contributed by atoms with Crippen LogP contribution in [-0.2, 0) is 9.53 Å². The number of ether oxygens (including phenoxy) is 1. The molecule has 180 valence electrons. The van der Waals surface area contributed by atoms with Gasteiger partial charge in [0, 0.05) is 18.8 Å². The van der Waals surface area contributed by atoms with Gasteiger partial charge in [0.05, 0.1) is 12.1 Å². The van der Waals surface area contributed by atoms with Gasteiger partial charge < -0.3 is 30.7 Å². The van der Waals surface area contributed by atoms with E-state index in [0.29, 0.717) is 12.5 Å². The predicted octanol–water partition coefficient (Wildman–Crippen LogP) is 0.874. The zero-order valence-electron chi connectivity index (χ0n) is 19.1. The summed E-state index contributed by atoms with van der Waals surface area (Å²) < 4.78 is 5.97. The van der Waals surface area contributed by atoms with Crippen molar-refractivity contribution in [1.82, 2.24) is 10.2 Å². The van der Waals surface area contributed by atoms with Crippen LogP contribution < -0.4 is 10.6 Å². The van der Waals surface area contributed by atoms with Gasteiger partial charge in [-0.1, -0.05) is 31.5 Å². The number of nitrogens with zero attached hydrogens (tertiary/aromatic N) is 1. The number of anilines is 1. The van der Waals surface area contributed by atoms with E-state index in [1.807, 2.05) is 37.4 Å². The first-order valence-electron chi connectivity index (χ1n) is 11.4. The smallest absolute Gasteiger partial charge is 0.237 e. The monoisotopic (exact) mass is 467 g/mol. The molecule has 0 bridgehead atoms. The highest BCUT2D eigenvalue weighted by Crippen LogP contribution is 2.30. The molecule has 0 aliphatic carbocycles. The molecule has 0 aromatic heterocycles. The molecule has 0 spiro atoms. The van der Waals surface area contributed by atoms with Crippen LogP contribution in [0.4, 0.5) is 5.69 Å². The molecule has 2 fully saturated rings. The minimum atomic E-state index is -1.36. The number of aliphatic hydroxyl groups is 3. The second kappa shape index (κ2) is 11.7. The van der Waals surface area contributed by atoms with Gasteiger partial charge >= 0.3 is 0 Å². The molecule has 8 atom stereocenters. The van der Waals surface area contributed by atoms with Gasteiger partial charge in [0.1, 0.15) is 29.9 Å². The maximum absolute atomic E-state index is 13.2. The first kappa shape index (κ1) is 25.3. The maximum Gasteiger partial charge on any atom is 0.237 e. The first-order chi connectivity index (χ1) is 15.3. The lowest BCUT2D eigenvalue weighted by Crippen LogP contribution is -2.64. The molecule has 2 heterocycles. The molecule has 1 aromatic rings. The van der Waals surface area contributed by atoms with Gasteiger partial charge in [0.25, 0.3) is 0 Å². The Balaban J connectivity index is 1.75. The van der Waals surface area contributed by atoms with Gasteiger partial charge in [-0.3, -0.25) is 9.69 Å². The zero-order chi connectivity index (χ0) is 23.3. The summed E-state index contributed by atoms with van der Waals surface area (Å²) in [5.74, 6) is 0.388. The molecule has 2 saturated heterocycles. The SMILES string of the molecule is CCC[C@@H]1C[C@@H](C(=O)N[C@H](CNc2ccccc2)[C@H]2OC(SC)[C@H](O)C(O)C2O)N(C)C1. The lowest BCUT2D eigenvalue weighted by molar-refractivity contribution is -0.204. The Morgan fingerprint density at radius 3 is 2.59 bits per heavy atom. The Labute approximate surface area is 194 Å². The number of benzene rings is 1. The van der Waals surface area contributed by atoms with Crippen LogP contribution in [0.3, 0.4) is 0 Å². The van der Waals surface area contributed by atoms with Crippen LogP contribution in [0.1, 0.15) is 26.2 Å². The van der Waals surface area contributed by atoms with Gasteiger partial charge in [0.15, 0.2) is 0 Å². The van der Waals surface area contributed by atoms with E-state index in [1.54, 1.807) is 6.26 Å². The second-order valence-electron chi connectivity index (χ2n) is 8.88. The number of rotatable bonds is 9. The van der Waals surface area contributed by atoms with Crippen molar-refractivity contribution in [3.63, 3.8) is 0 Å². The molecule has 5 N–H and O–H groups in total. The number of carbonyl (C=O) groups is 1. The largest absolute Gasteiger partial charge is 0.388 e. The maximum atomic E-state index is 13.2. The Morgan fingerprint density at radius 1 is 1.22 bits per heavy atom. The number of carbonyl (C=O) groups excluding carboxylic acids is 1. The third-order valence-corrected chi connectivity index (χ3v) is 7.35. The summed E-state index contributed by atoms with van der Waals surface area (Å²) in [7, 11) is 1.97. The summed E-state index contributed by atoms with van der Waals surface area (Å²) in [5.41, 5.74) is 0.178. The molecular weight excluding hydrogens is 430 g/mol. The van der Waals surface area contributed by atoms with Crippen LogP contribution in [0.5, 0.6) is 0 Å². The van der Waals surface area contributed by atoms with Gasteiger partial charge in [-0.2, -0.15) is 0 Å². The summed E-state index contributed by atoms with van der Waals surface area (Å²) in [5, 5.41) is 37.7. The van der Waals surface area contributed by atoms with E-state index in [2.05, 4.69) is 22.5 Å². The number of amides is 1. The topological polar surface area (TPSA) is 114 Å². The molecule has 3 unspecified atom stereocenters. The molecule has 32 heavy (non-hydrogen) atoms. The Kier molecular flexibility index (Phi) is 9.22. The molecule has 0 radical (unpaired) electrons. The fraction of sp³-hybridized carbons (Fsp3) is 0.696. The summed E-state index contributed by atoms with van der Waals surface area (Å²) in [4.78, 5) is 15.3. The standard InChI is InChI=1S/C23H37N3O5S/c1-4-8-14-11-17(26(2)13-14)22(30)25-16(12-24-15-9-6-5-7-10-15)21-19(28)18(27)20(29)23(31-21)32-3/h5-7,9-10,14,16-21,23-24,27-29H,4,8,11-13H2,1-3H3,(H,25,30)/t14-,16-,17+,18?,19?,20-,21-,23?/m1/s1. The number of aliphatic hydroxyl groups excluding tert-OH is 3. The van der Waals surface area contributed by atoms with E-state index in [9.17, 15) is 20.1 Å². The summed E-state index contributed by atoms with van der Waals surface area (Å²) >= 11 is 1.26. The average molecular weight is 468 g/mol. The Morgan fingerprint density at radius 2 is 1.94 bits per heavy atom. The van der Waals surface area contributed by atoms with Gasteiger partial charge in [-0.05, 0) is 44.2 Å². The minimum absolute atomic E-state index is 0.108. The van der Waals surface area contributed by atoms with Crippen molar-refractivity contribution in [2.45, 2.75) is 68.1 Å². The number of nitrogens with one attached hydrogen (secondary N) is 2. The number of hydrogen-bond donors (Lipinski definition) is 5. The van der Waals surface area contributed by atoms with Crippen LogP contribution in [0.25, 0.3) is 0 Å². The van der Waals surface area contributed by atoms with Gasteiger partial charge in [-0.15, -0.1) is 11.8 Å². The van der Waals surface area contributed by atoms with Crippen LogP contribution in [0, 0.1) is 5.92 Å². The summed E-state index contributed by atoms with van der Waals surface area (Å²) in [6.07, 6.45) is 0.00137. The van der Waals surface area contributed by atoms with Crippen molar-refractivity contribution in [3.05, 3.63) is 30.3 Å². The number of hydrogen-bond acceptors (Lipinski definition) is 8. The predicted molar refractivity (Wildman–Crippen MR) is 126 cm³/mol. The second-order valence-corrected chi connectivity index (χ2v) is 9.82. The molecule has 0 saturated carbocycles. The molecule has 9 heteroatoms. The number of thioether (sulfide) groups is 1. The molecule has 1 amide bonds. The van der Waals surface area contributed by atoms with E-state index in [1.165, 1.54) is 11.8 Å². The number of para-hydroxylation sites is 1. The third-order valence-electron chi connectivity index (χ3n) is 6.50. The van der Waals surface area contributed by atoms with Crippen molar-refractivity contribution in [2.75, 3.05) is 31.7 Å². The van der Waals surface area contributed by atoms with Crippen molar-refractivity contribution in [1.29, 1.82) is 0 Å². The van der Waals surface area contributed by atoms with Crippen molar-refractivity contribution >= 4 is 23.4 Å². The first-order valence-corrected chi connectivity index (χ1v) is 12.7. The summed E-state index contributed by atoms with van der Waals surface area (Å²) in [6, 6.07) is 8.73. The van der Waals surface area contributed by atoms with Gasteiger partial charge in [0.2, 0.25) is 5.91 Å². The van der Waals surface area contributed by atoms with E-state index in [-0.39, 0.29) is 11.9 Å². The van der Waals surface area contributed by atoms with E-state index in [0.717, 1.165) is 31.5 Å². The van der Waals surface area contributed by atoms with E-state index >= 15 is 0 Å². The van der Waals surface area contributed by atoms with E-state index in [4.69, 9.17) is 4.74 Å². The molecular formula is C23H37N3O5S. The number of likely N-dealkylation sites (N-methyl/N-ethyl adjacent to an activating group) is 1. The minimum Gasteiger partial charge on any atom is -0.388 e. The lowest BCUT2D eigenvalue weighted by Gasteiger charge is -2.43. The fourth-order valence-electron chi connectivity index (χ4n) is 4.74. The normalized spacial score (nSPS) is 34.2. The van der Waals surface area contributed by atoms with Crippen LogP contribution >= 0.6 is 11.8 Å². The quantitative estimate of drug-likeness (QED) is 0.364. The third kappa shape index (κ3) is 5.95. The van der Waals surface area contributed by atoms with Crippen molar-refractivity contribution in [2.24, 2.45) is 5.92 Å². The van der Waals surface area contributed by atoms with E-state index < -0.39 is 35.9 Å². The highest BCUT2D eigenvalue weighted by molar-refractivity contribution is 7.99. The molecule has 3 rings (SSSR count). The van der Waals surface area contributed by atoms with Crippen LogP contribution in [0.15, 0.2) is 30.3 Å². The number of likely N-dealkylation sites (tertiary alicyclic amines) is 1. The molecule has 2 aliphatic rings. The highest BCUT2D eigenvalue weighted by Gasteiger charge is 2.47. The molecule has 8 nitrogen and oxygen atoms in total. The Hall–Kier alpha value is -1.36. The zero-order valence-corrected chi connectivity index (χ0v) is 19.9. The Bertz CT molecular complexity index is 725. The van der Waals surface area contributed by atoms with Gasteiger partial charge in [-0.25, -0.2) is 0 Å². The average Bonchev–Trinajstić information content (AvgIpc) is 3.16.